The van der Waals surface area contributed by atoms with Crippen molar-refractivity contribution >= 4 is 35.1 Å². The number of carbonyl (C=O) groups is 2. The molecule has 0 aromatic heterocycles. The van der Waals surface area contributed by atoms with Gasteiger partial charge in [0.05, 0.1) is 23.3 Å². The summed E-state index contributed by atoms with van der Waals surface area (Å²) in [6.45, 7) is 5.82. The highest BCUT2D eigenvalue weighted by molar-refractivity contribution is 6.30. The number of carboxylic acid groups (broad SMARTS) is 2. The lowest BCUT2D eigenvalue weighted by Gasteiger charge is -2.13. The maximum Gasteiger partial charge on any atom is 0.335 e. The molecule has 30 heavy (non-hydrogen) atoms. The molecule has 0 heterocycles. The molecule has 0 aliphatic rings. The zero-order chi connectivity index (χ0) is 23.3. The van der Waals surface area contributed by atoms with E-state index in [-0.39, 0.29) is 23.3 Å². The Kier molecular flexibility index (Phi) is 13.8. The Balaban J connectivity index is 0.000000420. The molecule has 2 unspecified atom stereocenters. The summed E-state index contributed by atoms with van der Waals surface area (Å²) >= 11 is 11.0. The first-order valence-electron chi connectivity index (χ1n) is 9.26. The standard InChI is InChI=1S/C8H18O2.2C7H5ClO2/c1-6(2)4-8(10)5-7(3)9;2*8-6-3-1-5(2-4-6)7(9)10/h6-10H,4-5H2,1-3H3;2*1-4H,(H,9,10). The Morgan fingerprint density at radius 2 is 1.07 bits per heavy atom. The van der Waals surface area contributed by atoms with Crippen molar-refractivity contribution in [1.82, 2.24) is 0 Å². The molecule has 6 nitrogen and oxygen atoms in total. The van der Waals surface area contributed by atoms with Gasteiger partial charge in [0.15, 0.2) is 0 Å². The minimum Gasteiger partial charge on any atom is -0.478 e. The van der Waals surface area contributed by atoms with E-state index in [1.165, 1.54) is 24.3 Å². The van der Waals surface area contributed by atoms with Gasteiger partial charge in [0.2, 0.25) is 0 Å². The molecule has 0 radical (unpaired) electrons. The van der Waals surface area contributed by atoms with E-state index in [0.717, 1.165) is 6.42 Å². The maximum absolute atomic E-state index is 10.3. The second kappa shape index (κ2) is 14.8. The molecule has 8 heteroatoms. The molecule has 0 spiro atoms. The van der Waals surface area contributed by atoms with E-state index in [1.807, 2.05) is 0 Å². The van der Waals surface area contributed by atoms with Gasteiger partial charge in [-0.15, -0.1) is 0 Å². The number of carboxylic acids is 2. The predicted molar refractivity (Wildman–Crippen MR) is 119 cm³/mol. The monoisotopic (exact) mass is 458 g/mol. The van der Waals surface area contributed by atoms with Crippen molar-refractivity contribution in [2.24, 2.45) is 5.92 Å². The molecule has 2 atom stereocenters. The zero-order valence-corrected chi connectivity index (χ0v) is 18.6. The average molecular weight is 459 g/mol. The number of aliphatic hydroxyl groups excluding tert-OH is 2. The second-order valence-corrected chi connectivity index (χ2v) is 7.87. The lowest BCUT2D eigenvalue weighted by atomic mass is 10.0. The number of benzene rings is 2. The summed E-state index contributed by atoms with van der Waals surface area (Å²) in [5, 5.41) is 36.1. The van der Waals surface area contributed by atoms with Gasteiger partial charge in [-0.3, -0.25) is 0 Å². The zero-order valence-electron chi connectivity index (χ0n) is 17.1. The highest BCUT2D eigenvalue weighted by atomic mass is 35.5. The van der Waals surface area contributed by atoms with Crippen molar-refractivity contribution < 1.29 is 30.0 Å². The molecule has 2 rings (SSSR count). The van der Waals surface area contributed by atoms with Crippen LogP contribution < -0.4 is 0 Å². The number of aromatic carboxylic acids is 2. The van der Waals surface area contributed by atoms with Crippen LogP contribution in [0.1, 0.15) is 54.3 Å². The van der Waals surface area contributed by atoms with E-state index >= 15 is 0 Å². The van der Waals surface area contributed by atoms with Crippen molar-refractivity contribution in [2.45, 2.75) is 45.8 Å². The topological polar surface area (TPSA) is 115 Å². The third kappa shape index (κ3) is 14.0. The van der Waals surface area contributed by atoms with E-state index in [2.05, 4.69) is 13.8 Å². The summed E-state index contributed by atoms with van der Waals surface area (Å²) in [5.74, 6) is -1.36. The number of rotatable bonds is 6. The SMILES string of the molecule is CC(C)CC(O)CC(C)O.O=C(O)c1ccc(Cl)cc1.O=C(O)c1ccc(Cl)cc1. The number of hydrogen-bond acceptors (Lipinski definition) is 4. The first-order chi connectivity index (χ1) is 13.9. The van der Waals surface area contributed by atoms with Crippen LogP contribution in [0.25, 0.3) is 0 Å². The molecular formula is C22H28Cl2O6. The Labute approximate surface area is 186 Å². The molecule has 4 N–H and O–H groups in total. The van der Waals surface area contributed by atoms with Crippen molar-refractivity contribution in [1.29, 1.82) is 0 Å². The molecular weight excluding hydrogens is 431 g/mol. The number of halogens is 2. The Hall–Kier alpha value is -2.12. The molecule has 0 saturated carbocycles. The van der Waals surface area contributed by atoms with Crippen LogP contribution in [0, 0.1) is 5.92 Å². The molecule has 0 bridgehead atoms. The fraction of sp³-hybridized carbons (Fsp3) is 0.364. The summed E-state index contributed by atoms with van der Waals surface area (Å²) < 4.78 is 0. The van der Waals surface area contributed by atoms with E-state index in [9.17, 15) is 14.7 Å². The maximum atomic E-state index is 10.3. The highest BCUT2D eigenvalue weighted by Gasteiger charge is 2.09. The van der Waals surface area contributed by atoms with Gasteiger partial charge in [-0.1, -0.05) is 37.0 Å². The average Bonchev–Trinajstić information content (AvgIpc) is 2.62. The highest BCUT2D eigenvalue weighted by Crippen LogP contribution is 2.10. The van der Waals surface area contributed by atoms with Gasteiger partial charge in [0, 0.05) is 10.0 Å². The van der Waals surface area contributed by atoms with Crippen LogP contribution in [0.3, 0.4) is 0 Å². The van der Waals surface area contributed by atoms with E-state index in [4.69, 9.17) is 38.5 Å². The van der Waals surface area contributed by atoms with Crippen LogP contribution in [-0.2, 0) is 0 Å². The van der Waals surface area contributed by atoms with Gasteiger partial charge < -0.3 is 20.4 Å². The van der Waals surface area contributed by atoms with E-state index < -0.39 is 11.9 Å². The second-order valence-electron chi connectivity index (χ2n) is 6.99. The van der Waals surface area contributed by atoms with Gasteiger partial charge >= 0.3 is 11.9 Å². The van der Waals surface area contributed by atoms with Crippen LogP contribution in [0.4, 0.5) is 0 Å². The molecule has 0 saturated heterocycles. The van der Waals surface area contributed by atoms with E-state index in [0.29, 0.717) is 22.4 Å². The lowest BCUT2D eigenvalue weighted by molar-refractivity contribution is 0.0686. The quantitative estimate of drug-likeness (QED) is 0.470. The molecule has 166 valence electrons. The first kappa shape index (κ1) is 27.9. The van der Waals surface area contributed by atoms with Crippen LogP contribution >= 0.6 is 23.2 Å². The van der Waals surface area contributed by atoms with Gasteiger partial charge in [-0.05, 0) is 74.2 Å². The molecule has 0 amide bonds. The summed E-state index contributed by atoms with van der Waals surface area (Å²) in [6.07, 6.45) is 0.567. The van der Waals surface area contributed by atoms with Crippen LogP contribution in [0.2, 0.25) is 10.0 Å². The molecule has 0 aliphatic carbocycles. The summed E-state index contributed by atoms with van der Waals surface area (Å²) in [7, 11) is 0. The van der Waals surface area contributed by atoms with E-state index in [1.54, 1.807) is 31.2 Å². The smallest absolute Gasteiger partial charge is 0.335 e. The fourth-order valence-corrected chi connectivity index (χ4v) is 2.47. The van der Waals surface area contributed by atoms with Crippen molar-refractivity contribution in [3.05, 3.63) is 69.7 Å². The Morgan fingerprint density at radius 1 is 0.733 bits per heavy atom. The minimum absolute atomic E-state index is 0.254. The van der Waals surface area contributed by atoms with Crippen molar-refractivity contribution in [2.75, 3.05) is 0 Å². The lowest BCUT2D eigenvalue weighted by Crippen LogP contribution is -2.16. The Morgan fingerprint density at radius 3 is 1.30 bits per heavy atom. The minimum atomic E-state index is -0.934. The normalized spacial score (nSPS) is 12.0. The third-order valence-corrected chi connectivity index (χ3v) is 4.04. The molecule has 0 aliphatic heterocycles. The van der Waals surface area contributed by atoms with Gasteiger partial charge in [-0.25, -0.2) is 9.59 Å². The van der Waals surface area contributed by atoms with Gasteiger partial charge in [0.1, 0.15) is 0 Å². The van der Waals surface area contributed by atoms with Crippen molar-refractivity contribution in [3.8, 4) is 0 Å². The molecule has 0 fully saturated rings. The summed E-state index contributed by atoms with van der Waals surface area (Å²) in [4.78, 5) is 20.5. The number of hydrogen-bond donors (Lipinski definition) is 4. The number of aliphatic hydroxyl groups is 2. The molecule has 2 aromatic rings. The van der Waals surface area contributed by atoms with Gasteiger partial charge in [-0.2, -0.15) is 0 Å². The van der Waals surface area contributed by atoms with Crippen LogP contribution in [0.15, 0.2) is 48.5 Å². The fourth-order valence-electron chi connectivity index (χ4n) is 2.22. The Bertz CT molecular complexity index is 693. The predicted octanol–water partition coefficient (Wildman–Crippen LogP) is 5.24. The summed E-state index contributed by atoms with van der Waals surface area (Å²) in [5.41, 5.74) is 0.508. The third-order valence-electron chi connectivity index (χ3n) is 3.54. The van der Waals surface area contributed by atoms with Crippen molar-refractivity contribution in [3.63, 3.8) is 0 Å². The first-order valence-corrected chi connectivity index (χ1v) is 10.0. The summed E-state index contributed by atoms with van der Waals surface area (Å²) in [6, 6.07) is 12.0. The van der Waals surface area contributed by atoms with Crippen LogP contribution in [-0.4, -0.2) is 44.6 Å². The van der Waals surface area contributed by atoms with Gasteiger partial charge in [0.25, 0.3) is 0 Å². The molecule has 2 aromatic carbocycles. The largest absolute Gasteiger partial charge is 0.478 e. The van der Waals surface area contributed by atoms with Crippen LogP contribution in [0.5, 0.6) is 0 Å².